The number of aromatic nitrogens is 1. The van der Waals surface area contributed by atoms with Crippen molar-refractivity contribution >= 4 is 34.8 Å². The molecule has 1 atom stereocenters. The van der Waals surface area contributed by atoms with Crippen molar-refractivity contribution < 1.29 is 14.0 Å². The first kappa shape index (κ1) is 21.2. The van der Waals surface area contributed by atoms with Crippen LogP contribution in [0, 0.1) is 5.82 Å². The topological polar surface area (TPSA) is 77.6 Å². The van der Waals surface area contributed by atoms with E-state index in [4.69, 9.17) is 11.6 Å². The van der Waals surface area contributed by atoms with Crippen molar-refractivity contribution in [1.29, 1.82) is 0 Å². The maximum atomic E-state index is 13.3. The largest absolute Gasteiger partial charge is 0.325 e. The van der Waals surface area contributed by atoms with Crippen molar-refractivity contribution in [1.82, 2.24) is 14.8 Å². The summed E-state index contributed by atoms with van der Waals surface area (Å²) in [4.78, 5) is 32.7. The van der Waals surface area contributed by atoms with E-state index in [0.717, 1.165) is 0 Å². The van der Waals surface area contributed by atoms with Gasteiger partial charge in [-0.25, -0.2) is 9.37 Å². The third kappa shape index (κ3) is 5.96. The van der Waals surface area contributed by atoms with Gasteiger partial charge in [0, 0.05) is 38.1 Å². The number of anilines is 2. The van der Waals surface area contributed by atoms with Crippen LogP contribution in [0.25, 0.3) is 0 Å². The lowest BCUT2D eigenvalue weighted by Crippen LogP contribution is -2.53. The molecule has 0 bridgehead atoms. The fraction of sp³-hybridized carbons (Fsp3) is 0.350. The maximum absolute atomic E-state index is 13.3. The van der Waals surface area contributed by atoms with Crippen LogP contribution in [-0.4, -0.2) is 65.4 Å². The summed E-state index contributed by atoms with van der Waals surface area (Å²) in [5.41, 5.74) is 0.923. The first-order valence-electron chi connectivity index (χ1n) is 9.35. The molecule has 0 aliphatic carbocycles. The molecule has 154 valence electrons. The lowest BCUT2D eigenvalue weighted by Gasteiger charge is -2.37. The summed E-state index contributed by atoms with van der Waals surface area (Å²) >= 11 is 5.96. The number of piperazine rings is 1. The van der Waals surface area contributed by atoms with Crippen LogP contribution in [0.15, 0.2) is 42.6 Å². The molecule has 2 aromatic rings. The molecule has 0 spiro atoms. The molecule has 7 nitrogen and oxygen atoms in total. The molecule has 0 radical (unpaired) electrons. The Morgan fingerprint density at radius 2 is 1.93 bits per heavy atom. The van der Waals surface area contributed by atoms with Gasteiger partial charge in [0.25, 0.3) is 0 Å². The summed E-state index contributed by atoms with van der Waals surface area (Å²) in [6.45, 7) is 4.68. The first-order chi connectivity index (χ1) is 13.9. The number of amides is 2. The average molecular weight is 420 g/mol. The van der Waals surface area contributed by atoms with Crippen LogP contribution in [0.4, 0.5) is 15.8 Å². The Hall–Kier alpha value is -2.55. The first-order valence-corrected chi connectivity index (χ1v) is 9.73. The molecule has 1 aromatic carbocycles. The molecule has 1 aliphatic heterocycles. The van der Waals surface area contributed by atoms with Crippen LogP contribution in [-0.2, 0) is 9.59 Å². The minimum absolute atomic E-state index is 0.162. The Morgan fingerprint density at radius 3 is 2.62 bits per heavy atom. The van der Waals surface area contributed by atoms with E-state index in [-0.39, 0.29) is 29.6 Å². The molecular formula is C20H23ClFN5O2. The molecule has 0 saturated carbocycles. The van der Waals surface area contributed by atoms with Crippen molar-refractivity contribution in [3.63, 3.8) is 0 Å². The number of nitrogens with zero attached hydrogens (tertiary/aromatic N) is 3. The van der Waals surface area contributed by atoms with Gasteiger partial charge in [-0.3, -0.25) is 19.4 Å². The highest BCUT2D eigenvalue weighted by Gasteiger charge is 2.26. The highest BCUT2D eigenvalue weighted by molar-refractivity contribution is 6.32. The van der Waals surface area contributed by atoms with E-state index in [1.165, 1.54) is 12.1 Å². The monoisotopic (exact) mass is 419 g/mol. The molecular weight excluding hydrogens is 397 g/mol. The third-order valence-electron chi connectivity index (χ3n) is 4.83. The van der Waals surface area contributed by atoms with Gasteiger partial charge in [-0.2, -0.15) is 0 Å². The number of halogens is 2. The minimum Gasteiger partial charge on any atom is -0.325 e. The van der Waals surface area contributed by atoms with Crippen LogP contribution < -0.4 is 10.6 Å². The normalized spacial score (nSPS) is 16.2. The Labute approximate surface area is 173 Å². The summed E-state index contributed by atoms with van der Waals surface area (Å²) in [7, 11) is 0. The number of benzene rings is 1. The van der Waals surface area contributed by atoms with Gasteiger partial charge in [-0.05, 0) is 37.3 Å². The van der Waals surface area contributed by atoms with E-state index in [2.05, 4.69) is 15.6 Å². The minimum atomic E-state index is -0.394. The van der Waals surface area contributed by atoms with Crippen molar-refractivity contribution in [2.24, 2.45) is 0 Å². The van der Waals surface area contributed by atoms with Crippen molar-refractivity contribution in [2.45, 2.75) is 13.0 Å². The molecule has 1 unspecified atom stereocenters. The van der Waals surface area contributed by atoms with Gasteiger partial charge in [0.2, 0.25) is 11.8 Å². The number of nitrogens with one attached hydrogen (secondary N) is 2. The zero-order valence-corrected chi connectivity index (χ0v) is 16.8. The fourth-order valence-corrected chi connectivity index (χ4v) is 3.33. The van der Waals surface area contributed by atoms with Gasteiger partial charge in [-0.1, -0.05) is 17.7 Å². The maximum Gasteiger partial charge on any atom is 0.241 e. The summed E-state index contributed by atoms with van der Waals surface area (Å²) in [5, 5.41) is 5.75. The van der Waals surface area contributed by atoms with E-state index in [9.17, 15) is 14.0 Å². The zero-order valence-electron chi connectivity index (χ0n) is 16.1. The number of rotatable bonds is 6. The average Bonchev–Trinajstić information content (AvgIpc) is 2.70. The van der Waals surface area contributed by atoms with E-state index >= 15 is 0 Å². The molecule has 1 fully saturated rings. The second-order valence-electron chi connectivity index (χ2n) is 6.88. The molecule has 3 rings (SSSR count). The van der Waals surface area contributed by atoms with Gasteiger partial charge in [0.15, 0.2) is 5.15 Å². The molecule has 2 heterocycles. The van der Waals surface area contributed by atoms with Crippen LogP contribution >= 0.6 is 11.6 Å². The number of carbonyl (C=O) groups is 2. The second-order valence-corrected chi connectivity index (χ2v) is 7.24. The Kier molecular flexibility index (Phi) is 7.13. The zero-order chi connectivity index (χ0) is 20.8. The summed E-state index contributed by atoms with van der Waals surface area (Å²) in [6.07, 6.45) is 1.56. The molecule has 9 heteroatoms. The van der Waals surface area contributed by atoms with Gasteiger partial charge >= 0.3 is 0 Å². The predicted molar refractivity (Wildman–Crippen MR) is 110 cm³/mol. The van der Waals surface area contributed by atoms with E-state index in [1.54, 1.807) is 30.5 Å². The van der Waals surface area contributed by atoms with Crippen LogP contribution in [0.5, 0.6) is 0 Å². The number of hydrogen-bond acceptors (Lipinski definition) is 5. The van der Waals surface area contributed by atoms with E-state index in [1.807, 2.05) is 16.7 Å². The Balaban J connectivity index is 1.45. The molecule has 2 amide bonds. The van der Waals surface area contributed by atoms with Crippen LogP contribution in [0.3, 0.4) is 0 Å². The SMILES string of the molecule is CC(C(=O)Nc1cccc(F)c1)N1CCN(CC(=O)Nc2cccnc2Cl)CC1. The molecule has 1 saturated heterocycles. The molecule has 1 aliphatic rings. The molecule has 2 N–H and O–H groups in total. The number of hydrogen-bond donors (Lipinski definition) is 2. The standard InChI is InChI=1S/C20H23ClFN5O2/c1-14(20(29)24-16-5-2-4-15(22)12-16)27-10-8-26(9-11-27)13-18(28)25-17-6-3-7-23-19(17)21/h2-7,12,14H,8-11,13H2,1H3,(H,24,29)(H,25,28). The van der Waals surface area contributed by atoms with Crippen LogP contribution in [0.2, 0.25) is 5.15 Å². The fourth-order valence-electron chi connectivity index (χ4n) is 3.16. The predicted octanol–water partition coefficient (Wildman–Crippen LogP) is 2.46. The lowest BCUT2D eigenvalue weighted by atomic mass is 10.2. The third-order valence-corrected chi connectivity index (χ3v) is 5.13. The van der Waals surface area contributed by atoms with Crippen molar-refractivity contribution in [2.75, 3.05) is 43.4 Å². The highest BCUT2D eigenvalue weighted by Crippen LogP contribution is 2.17. The highest BCUT2D eigenvalue weighted by atomic mass is 35.5. The summed E-state index contributed by atoms with van der Waals surface area (Å²) in [6, 6.07) is 8.87. The van der Waals surface area contributed by atoms with Crippen LogP contribution in [0.1, 0.15) is 6.92 Å². The van der Waals surface area contributed by atoms with E-state index in [0.29, 0.717) is 37.6 Å². The van der Waals surface area contributed by atoms with Gasteiger partial charge in [0.05, 0.1) is 18.3 Å². The van der Waals surface area contributed by atoms with Gasteiger partial charge in [0.1, 0.15) is 5.82 Å². The summed E-state index contributed by atoms with van der Waals surface area (Å²) < 4.78 is 13.3. The van der Waals surface area contributed by atoms with Gasteiger partial charge in [-0.15, -0.1) is 0 Å². The summed E-state index contributed by atoms with van der Waals surface area (Å²) in [5.74, 6) is -0.742. The van der Waals surface area contributed by atoms with Gasteiger partial charge < -0.3 is 10.6 Å². The number of pyridine rings is 1. The molecule has 1 aromatic heterocycles. The lowest BCUT2D eigenvalue weighted by molar-refractivity contribution is -0.122. The number of carbonyl (C=O) groups excluding carboxylic acids is 2. The smallest absolute Gasteiger partial charge is 0.241 e. The van der Waals surface area contributed by atoms with Crippen molar-refractivity contribution in [3.8, 4) is 0 Å². The Morgan fingerprint density at radius 1 is 1.17 bits per heavy atom. The Bertz CT molecular complexity index is 873. The van der Waals surface area contributed by atoms with Crippen molar-refractivity contribution in [3.05, 3.63) is 53.6 Å². The quantitative estimate of drug-likeness (QED) is 0.703. The molecule has 29 heavy (non-hydrogen) atoms. The second kappa shape index (κ2) is 9.78. The van der Waals surface area contributed by atoms with E-state index < -0.39 is 5.82 Å².